The Bertz CT molecular complexity index is 694. The minimum absolute atomic E-state index is 0.0407. The third-order valence-electron chi connectivity index (χ3n) is 8.87. The molecule has 8 heteroatoms. The van der Waals surface area contributed by atoms with Gasteiger partial charge in [0.15, 0.2) is 0 Å². The predicted octanol–water partition coefficient (Wildman–Crippen LogP) is 11.8. The Labute approximate surface area is 296 Å². The average Bonchev–Trinajstić information content (AvgIpc) is 3.07. The van der Waals surface area contributed by atoms with Gasteiger partial charge in [-0.3, -0.25) is 4.57 Å². The number of ether oxygens (including phenoxy) is 1. The molecule has 3 N–H and O–H groups in total. The second-order valence-electron chi connectivity index (χ2n) is 13.7. The lowest BCUT2D eigenvalue weighted by Gasteiger charge is -2.20. The van der Waals surface area contributed by atoms with Crippen molar-refractivity contribution in [3.8, 4) is 0 Å². The minimum Gasteiger partial charge on any atom is -0.394 e. The quantitative estimate of drug-likeness (QED) is 0.0332. The molecule has 0 heterocycles. The van der Waals surface area contributed by atoms with Crippen molar-refractivity contribution in [2.45, 2.75) is 199 Å². The maximum atomic E-state index is 12.4. The predicted molar refractivity (Wildman–Crippen MR) is 206 cm³/mol. The molecule has 0 bridgehead atoms. The van der Waals surface area contributed by atoms with Crippen LogP contribution in [0.25, 0.3) is 0 Å². The van der Waals surface area contributed by atoms with Gasteiger partial charge in [0.1, 0.15) is 0 Å². The van der Waals surface area contributed by atoms with Crippen molar-refractivity contribution in [2.24, 2.45) is 0 Å². The molecule has 0 fully saturated rings. The van der Waals surface area contributed by atoms with Crippen LogP contribution in [0, 0.1) is 0 Å². The number of unbranched alkanes of at least 4 members (excludes halogenated alkanes) is 23. The van der Waals surface area contributed by atoms with E-state index in [4.69, 9.17) is 14.4 Å². The molecule has 0 spiro atoms. The Kier molecular flexibility index (Phi) is 37.5. The van der Waals surface area contributed by atoms with Gasteiger partial charge in [0.2, 0.25) is 0 Å². The molecule has 47 heavy (non-hydrogen) atoms. The fraction of sp³-hybridized carbons (Fsp3) is 0.949. The number of thioether (sulfide) groups is 1. The van der Waals surface area contributed by atoms with Crippen LogP contribution < -0.4 is 0 Å². The van der Waals surface area contributed by atoms with Gasteiger partial charge in [-0.15, -0.1) is 0 Å². The van der Waals surface area contributed by atoms with E-state index in [0.29, 0.717) is 6.61 Å². The standard InChI is InChI=1S/C39H79O6PS/c1-3-5-7-9-11-13-15-17-19-21-23-25-27-29-32-44-39(36-45-46(42,43)33-31-38(41)35-40)37-47-34-30-28-26-24-22-20-18-16-14-12-10-8-6-4-2/h13,15,38-41H,3-12,14,16-37H2,1-2H3,(H,42,43). The van der Waals surface area contributed by atoms with Gasteiger partial charge in [-0.25, -0.2) is 0 Å². The van der Waals surface area contributed by atoms with Crippen molar-refractivity contribution < 1.29 is 28.9 Å². The molecule has 0 amide bonds. The molecule has 0 aromatic heterocycles. The van der Waals surface area contributed by atoms with E-state index in [0.717, 1.165) is 24.3 Å². The number of aliphatic hydroxyl groups excluding tert-OH is 2. The van der Waals surface area contributed by atoms with Gasteiger partial charge in [0, 0.05) is 12.4 Å². The van der Waals surface area contributed by atoms with Gasteiger partial charge in [-0.2, -0.15) is 11.8 Å². The number of allylic oxidation sites excluding steroid dienone is 2. The average molecular weight is 707 g/mol. The zero-order chi connectivity index (χ0) is 34.5. The zero-order valence-electron chi connectivity index (χ0n) is 31.1. The zero-order valence-corrected chi connectivity index (χ0v) is 32.8. The van der Waals surface area contributed by atoms with Gasteiger partial charge in [-0.05, 0) is 50.7 Å². The summed E-state index contributed by atoms with van der Waals surface area (Å²) in [6.07, 6.45) is 37.4. The summed E-state index contributed by atoms with van der Waals surface area (Å²) in [5, 5.41) is 18.5. The lowest BCUT2D eigenvalue weighted by Crippen LogP contribution is -2.23. The van der Waals surface area contributed by atoms with Crippen LogP contribution in [0.5, 0.6) is 0 Å². The molecule has 0 saturated heterocycles. The summed E-state index contributed by atoms with van der Waals surface area (Å²) < 4.78 is 24.0. The molecule has 0 saturated carbocycles. The monoisotopic (exact) mass is 707 g/mol. The topological polar surface area (TPSA) is 96.2 Å². The largest absolute Gasteiger partial charge is 0.394 e. The Morgan fingerprint density at radius 1 is 0.660 bits per heavy atom. The smallest absolute Gasteiger partial charge is 0.328 e. The third-order valence-corrected chi connectivity index (χ3v) is 11.4. The van der Waals surface area contributed by atoms with Crippen molar-refractivity contribution in [1.82, 2.24) is 0 Å². The number of hydrogen-bond donors (Lipinski definition) is 3. The van der Waals surface area contributed by atoms with Gasteiger partial charge < -0.3 is 24.4 Å². The Morgan fingerprint density at radius 3 is 1.62 bits per heavy atom. The maximum absolute atomic E-state index is 12.4. The first-order chi connectivity index (χ1) is 22.9. The van der Waals surface area contributed by atoms with Crippen LogP contribution in [0.3, 0.4) is 0 Å². The van der Waals surface area contributed by atoms with Crippen LogP contribution in [0.2, 0.25) is 0 Å². The summed E-state index contributed by atoms with van der Waals surface area (Å²) in [5.41, 5.74) is 0. The van der Waals surface area contributed by atoms with Crippen LogP contribution in [0.4, 0.5) is 0 Å². The number of rotatable bonds is 39. The van der Waals surface area contributed by atoms with Crippen LogP contribution >= 0.6 is 19.4 Å². The van der Waals surface area contributed by atoms with E-state index in [1.54, 1.807) is 0 Å². The molecule has 282 valence electrons. The molecular weight excluding hydrogens is 627 g/mol. The summed E-state index contributed by atoms with van der Waals surface area (Å²) in [7, 11) is -3.83. The van der Waals surface area contributed by atoms with E-state index in [1.807, 2.05) is 11.8 Å². The van der Waals surface area contributed by atoms with Crippen LogP contribution in [0.15, 0.2) is 12.2 Å². The van der Waals surface area contributed by atoms with Crippen molar-refractivity contribution in [3.63, 3.8) is 0 Å². The molecule has 0 radical (unpaired) electrons. The van der Waals surface area contributed by atoms with Crippen LogP contribution in [-0.2, 0) is 13.8 Å². The van der Waals surface area contributed by atoms with E-state index in [9.17, 15) is 14.6 Å². The highest BCUT2D eigenvalue weighted by molar-refractivity contribution is 7.99. The maximum Gasteiger partial charge on any atom is 0.328 e. The summed E-state index contributed by atoms with van der Waals surface area (Å²) in [6.45, 7) is 4.84. The molecule has 0 rings (SSSR count). The van der Waals surface area contributed by atoms with Crippen LogP contribution in [0.1, 0.15) is 187 Å². The first kappa shape index (κ1) is 47.1. The van der Waals surface area contributed by atoms with Crippen molar-refractivity contribution in [3.05, 3.63) is 12.2 Å². The Balaban J connectivity index is 4.06. The van der Waals surface area contributed by atoms with Crippen molar-refractivity contribution in [1.29, 1.82) is 0 Å². The molecule has 0 aromatic rings. The number of hydrogen-bond acceptors (Lipinski definition) is 6. The fourth-order valence-corrected chi connectivity index (χ4v) is 7.85. The van der Waals surface area contributed by atoms with E-state index in [-0.39, 0.29) is 25.3 Å². The van der Waals surface area contributed by atoms with Crippen molar-refractivity contribution in [2.75, 3.05) is 37.5 Å². The van der Waals surface area contributed by atoms with E-state index < -0.39 is 20.3 Å². The molecular formula is C39H79O6PS. The highest BCUT2D eigenvalue weighted by Crippen LogP contribution is 2.43. The summed E-state index contributed by atoms with van der Waals surface area (Å²) >= 11 is 1.85. The van der Waals surface area contributed by atoms with Gasteiger partial charge in [-0.1, -0.05) is 154 Å². The van der Waals surface area contributed by atoms with E-state index in [2.05, 4.69) is 26.0 Å². The molecule has 0 aromatic carbocycles. The van der Waals surface area contributed by atoms with Gasteiger partial charge in [0.05, 0.1) is 31.6 Å². The highest BCUT2D eigenvalue weighted by Gasteiger charge is 2.23. The lowest BCUT2D eigenvalue weighted by atomic mass is 10.0. The second kappa shape index (κ2) is 37.4. The minimum atomic E-state index is -3.83. The Morgan fingerprint density at radius 2 is 1.11 bits per heavy atom. The molecule has 0 aliphatic carbocycles. The molecule has 6 nitrogen and oxygen atoms in total. The first-order valence-corrected chi connectivity index (χ1v) is 23.0. The molecule has 3 unspecified atom stereocenters. The molecule has 0 aliphatic rings. The first-order valence-electron chi connectivity index (χ1n) is 20.0. The SMILES string of the molecule is CCCCCCC=CCCCCCCCCOC(COP(=O)(O)CCC(O)CO)CSCCCCCCCCCCCCCCCC. The molecule has 3 atom stereocenters. The highest BCUT2D eigenvalue weighted by atomic mass is 32.2. The normalized spacial score (nSPS) is 14.6. The number of aliphatic hydroxyl groups is 2. The summed E-state index contributed by atoms with van der Waals surface area (Å²) in [4.78, 5) is 10.2. The third kappa shape index (κ3) is 37.2. The Hall–Kier alpha value is 0.120. The van der Waals surface area contributed by atoms with Crippen LogP contribution in [-0.4, -0.2) is 64.8 Å². The lowest BCUT2D eigenvalue weighted by molar-refractivity contribution is 0.0297. The fourth-order valence-electron chi connectivity index (χ4n) is 5.67. The van der Waals surface area contributed by atoms with Gasteiger partial charge >= 0.3 is 7.60 Å². The van der Waals surface area contributed by atoms with E-state index in [1.165, 1.54) is 154 Å². The van der Waals surface area contributed by atoms with Crippen molar-refractivity contribution >= 4 is 19.4 Å². The summed E-state index contributed by atoms with van der Waals surface area (Å²) in [5.74, 6) is 1.83. The summed E-state index contributed by atoms with van der Waals surface area (Å²) in [6, 6.07) is 0. The molecule has 0 aliphatic heterocycles. The second-order valence-corrected chi connectivity index (χ2v) is 16.8. The van der Waals surface area contributed by atoms with Gasteiger partial charge in [0.25, 0.3) is 0 Å². The van der Waals surface area contributed by atoms with E-state index >= 15 is 0 Å².